The van der Waals surface area contributed by atoms with E-state index in [0.29, 0.717) is 17.8 Å². The van der Waals surface area contributed by atoms with Gasteiger partial charge in [-0.3, -0.25) is 0 Å². The number of ether oxygens (including phenoxy) is 1. The van der Waals surface area contributed by atoms with Gasteiger partial charge >= 0.3 is 5.97 Å². The number of carbonyl (C=O) groups excluding carboxylic acids is 1. The molecule has 0 radical (unpaired) electrons. The van der Waals surface area contributed by atoms with E-state index in [2.05, 4.69) is 20.8 Å². The average molecular weight is 311 g/mol. The number of nitrogens with zero attached hydrogens (tertiary/aromatic N) is 1. The minimum atomic E-state index is -0.502. The summed E-state index contributed by atoms with van der Waals surface area (Å²) >= 11 is 0. The van der Waals surface area contributed by atoms with E-state index in [1.54, 1.807) is 6.08 Å². The van der Waals surface area contributed by atoms with Crippen molar-refractivity contribution in [3.8, 4) is 6.07 Å². The van der Waals surface area contributed by atoms with E-state index in [-0.39, 0.29) is 11.7 Å². The Morgan fingerprint density at radius 1 is 1.26 bits per heavy atom. The van der Waals surface area contributed by atoms with Crippen LogP contribution in [0.5, 0.6) is 0 Å². The van der Waals surface area contributed by atoms with Crippen molar-refractivity contribution in [3.05, 3.63) is 41.5 Å². The summed E-state index contributed by atoms with van der Waals surface area (Å²) in [6.45, 7) is 6.65. The van der Waals surface area contributed by atoms with Crippen LogP contribution in [0.2, 0.25) is 0 Å². The number of esters is 1. The Bertz CT molecular complexity index is 598. The maximum absolute atomic E-state index is 12.3. The Morgan fingerprint density at radius 3 is 2.57 bits per heavy atom. The van der Waals surface area contributed by atoms with Crippen LogP contribution >= 0.6 is 0 Å². The number of carbonyl (C=O) groups is 1. The van der Waals surface area contributed by atoms with Crippen molar-refractivity contribution >= 4 is 12.0 Å². The number of rotatable bonds is 4. The summed E-state index contributed by atoms with van der Waals surface area (Å²) in [6.07, 6.45) is 4.49. The van der Waals surface area contributed by atoms with Crippen LogP contribution in [0.15, 0.2) is 35.9 Å². The van der Waals surface area contributed by atoms with Crippen molar-refractivity contribution in [1.82, 2.24) is 0 Å². The quantitative estimate of drug-likeness (QED) is 0.464. The lowest BCUT2D eigenvalue weighted by molar-refractivity contribution is -0.147. The Labute approximate surface area is 139 Å². The van der Waals surface area contributed by atoms with Crippen molar-refractivity contribution in [2.24, 2.45) is 17.8 Å². The van der Waals surface area contributed by atoms with Gasteiger partial charge in [-0.25, -0.2) is 4.79 Å². The molecule has 1 aliphatic carbocycles. The fourth-order valence-electron chi connectivity index (χ4n) is 3.30. The molecule has 0 N–H and O–H groups in total. The highest BCUT2D eigenvalue weighted by atomic mass is 16.5. The van der Waals surface area contributed by atoms with Gasteiger partial charge in [0.2, 0.25) is 0 Å². The summed E-state index contributed by atoms with van der Waals surface area (Å²) in [4.78, 5) is 12.3. The van der Waals surface area contributed by atoms with Crippen LogP contribution in [-0.4, -0.2) is 12.1 Å². The lowest BCUT2D eigenvalue weighted by Crippen LogP contribution is -2.31. The average Bonchev–Trinajstić information content (AvgIpc) is 2.52. The van der Waals surface area contributed by atoms with Crippen LogP contribution in [0.1, 0.15) is 45.6 Å². The summed E-state index contributed by atoms with van der Waals surface area (Å²) in [5.74, 6) is 1.23. The summed E-state index contributed by atoms with van der Waals surface area (Å²) in [5, 5.41) is 9.26. The second-order valence-corrected chi connectivity index (χ2v) is 6.92. The standard InChI is InChI=1S/C20H25NO2/c1-14(2)17-9-15(3)10-19(12-17)23-20(22)18(13-21)11-16-7-5-4-6-8-16/h4-8,11,14-15,17,19H,9-10,12H2,1-3H3/b18-11+/t15-,17-,19-/m1/s1. The SMILES string of the molecule is CC(C)[C@@H]1C[C@@H](C)C[C@@H](OC(=O)/C(C#N)=C/c2ccccc2)C1. The van der Waals surface area contributed by atoms with Crippen molar-refractivity contribution in [2.75, 3.05) is 0 Å². The van der Waals surface area contributed by atoms with Crippen molar-refractivity contribution in [3.63, 3.8) is 0 Å². The minimum Gasteiger partial charge on any atom is -0.458 e. The molecule has 0 heterocycles. The molecule has 23 heavy (non-hydrogen) atoms. The normalized spacial score (nSPS) is 25.0. The fourth-order valence-corrected chi connectivity index (χ4v) is 3.30. The Morgan fingerprint density at radius 2 is 1.96 bits per heavy atom. The van der Waals surface area contributed by atoms with Gasteiger partial charge < -0.3 is 4.74 Å². The van der Waals surface area contributed by atoms with Crippen LogP contribution in [0.4, 0.5) is 0 Å². The Kier molecular flexibility index (Phi) is 5.98. The molecule has 0 bridgehead atoms. The summed E-state index contributed by atoms with van der Waals surface area (Å²) < 4.78 is 5.64. The van der Waals surface area contributed by atoms with Crippen LogP contribution in [0.25, 0.3) is 6.08 Å². The Balaban J connectivity index is 2.05. The lowest BCUT2D eigenvalue weighted by Gasteiger charge is -2.35. The third-order valence-electron chi connectivity index (χ3n) is 4.60. The highest BCUT2D eigenvalue weighted by Crippen LogP contribution is 2.35. The van der Waals surface area contributed by atoms with E-state index < -0.39 is 5.97 Å². The molecule has 122 valence electrons. The van der Waals surface area contributed by atoms with Crippen LogP contribution < -0.4 is 0 Å². The molecule has 0 aromatic heterocycles. The molecule has 1 saturated carbocycles. The third-order valence-corrected chi connectivity index (χ3v) is 4.60. The Hall–Kier alpha value is -2.08. The molecular formula is C20H25NO2. The lowest BCUT2D eigenvalue weighted by atomic mass is 9.75. The second-order valence-electron chi connectivity index (χ2n) is 6.92. The fraction of sp³-hybridized carbons (Fsp3) is 0.500. The highest BCUT2D eigenvalue weighted by molar-refractivity contribution is 5.97. The third kappa shape index (κ3) is 4.96. The second kappa shape index (κ2) is 7.97. The van der Waals surface area contributed by atoms with E-state index in [9.17, 15) is 10.1 Å². The molecule has 0 amide bonds. The van der Waals surface area contributed by atoms with Gasteiger partial charge in [0.25, 0.3) is 0 Å². The van der Waals surface area contributed by atoms with E-state index in [4.69, 9.17) is 4.74 Å². The molecule has 3 heteroatoms. The van der Waals surface area contributed by atoms with Crippen molar-refractivity contribution in [1.29, 1.82) is 5.26 Å². The molecule has 2 rings (SSSR count). The van der Waals surface area contributed by atoms with Gasteiger partial charge in [0.1, 0.15) is 17.7 Å². The predicted molar refractivity (Wildman–Crippen MR) is 91.3 cm³/mol. The largest absolute Gasteiger partial charge is 0.458 e. The van der Waals surface area contributed by atoms with Gasteiger partial charge in [-0.15, -0.1) is 0 Å². The molecule has 0 spiro atoms. The summed E-state index contributed by atoms with van der Waals surface area (Å²) in [6, 6.07) is 11.4. The molecule has 1 aromatic carbocycles. The summed E-state index contributed by atoms with van der Waals surface area (Å²) in [5.41, 5.74) is 0.897. The number of nitriles is 1. The van der Waals surface area contributed by atoms with E-state index in [1.165, 1.54) is 6.42 Å². The molecule has 3 nitrogen and oxygen atoms in total. The van der Waals surface area contributed by atoms with Gasteiger partial charge in [0, 0.05) is 0 Å². The van der Waals surface area contributed by atoms with Crippen LogP contribution in [0, 0.1) is 29.1 Å². The van der Waals surface area contributed by atoms with Gasteiger partial charge in [0.05, 0.1) is 0 Å². The van der Waals surface area contributed by atoms with Gasteiger partial charge in [0.15, 0.2) is 0 Å². The first-order valence-electron chi connectivity index (χ1n) is 8.37. The first kappa shape index (κ1) is 17.3. The zero-order valence-corrected chi connectivity index (χ0v) is 14.2. The number of hydrogen-bond donors (Lipinski definition) is 0. The van der Waals surface area contributed by atoms with Crippen LogP contribution in [-0.2, 0) is 9.53 Å². The maximum atomic E-state index is 12.3. The number of benzene rings is 1. The van der Waals surface area contributed by atoms with Gasteiger partial charge in [-0.1, -0.05) is 51.1 Å². The van der Waals surface area contributed by atoms with Crippen molar-refractivity contribution in [2.45, 2.75) is 46.1 Å². The zero-order chi connectivity index (χ0) is 16.8. The van der Waals surface area contributed by atoms with Crippen molar-refractivity contribution < 1.29 is 9.53 Å². The predicted octanol–water partition coefficient (Wildman–Crippen LogP) is 4.60. The minimum absolute atomic E-state index is 0.0653. The molecule has 1 aliphatic rings. The molecule has 0 unspecified atom stereocenters. The molecule has 3 atom stereocenters. The van der Waals surface area contributed by atoms with E-state index in [1.807, 2.05) is 36.4 Å². The maximum Gasteiger partial charge on any atom is 0.349 e. The monoisotopic (exact) mass is 311 g/mol. The molecule has 1 fully saturated rings. The first-order chi connectivity index (χ1) is 11.0. The molecule has 0 saturated heterocycles. The molecule has 0 aliphatic heterocycles. The zero-order valence-electron chi connectivity index (χ0n) is 14.2. The summed E-state index contributed by atoms with van der Waals surface area (Å²) in [7, 11) is 0. The first-order valence-corrected chi connectivity index (χ1v) is 8.37. The highest BCUT2D eigenvalue weighted by Gasteiger charge is 2.31. The molecular weight excluding hydrogens is 286 g/mol. The topological polar surface area (TPSA) is 50.1 Å². The van der Waals surface area contributed by atoms with Crippen LogP contribution in [0.3, 0.4) is 0 Å². The van der Waals surface area contributed by atoms with Gasteiger partial charge in [-0.05, 0) is 48.7 Å². The van der Waals surface area contributed by atoms with Gasteiger partial charge in [-0.2, -0.15) is 5.26 Å². The van der Waals surface area contributed by atoms with E-state index >= 15 is 0 Å². The molecule has 1 aromatic rings. The number of hydrogen-bond acceptors (Lipinski definition) is 3. The smallest absolute Gasteiger partial charge is 0.349 e. The van der Waals surface area contributed by atoms with E-state index in [0.717, 1.165) is 18.4 Å².